The van der Waals surface area contributed by atoms with Gasteiger partial charge in [0.2, 0.25) is 0 Å². The number of carbonyl (C=O) groups is 2. The molecular weight excluding hydrogens is 587 g/mol. The zero-order chi connectivity index (χ0) is 31.1. The van der Waals surface area contributed by atoms with Crippen molar-refractivity contribution in [1.82, 2.24) is 10.3 Å². The Morgan fingerprint density at radius 1 is 0.795 bits per heavy atom. The fraction of sp³-hybridized carbons (Fsp3) is 0.147. The maximum Gasteiger partial charge on any atom is 0.393 e. The van der Waals surface area contributed by atoms with Crippen molar-refractivity contribution in [3.05, 3.63) is 125 Å². The zero-order valence-corrected chi connectivity index (χ0v) is 24.2. The molecule has 5 rings (SSSR count). The number of hydrogen-bond donors (Lipinski definition) is 2. The molecule has 2 N–H and O–H groups in total. The predicted octanol–water partition coefficient (Wildman–Crippen LogP) is 8.12. The number of carboxylic acids is 1. The van der Waals surface area contributed by atoms with Gasteiger partial charge in [0.25, 0.3) is 5.91 Å². The molecular formula is C34H28F3N3O3S. The third-order valence-corrected chi connectivity index (χ3v) is 7.71. The van der Waals surface area contributed by atoms with E-state index in [0.717, 1.165) is 27.9 Å². The van der Waals surface area contributed by atoms with Crippen LogP contribution in [0.25, 0.3) is 22.4 Å². The molecule has 5 aromatic rings. The summed E-state index contributed by atoms with van der Waals surface area (Å²) in [5, 5.41) is 14.0. The predicted molar refractivity (Wildman–Crippen MR) is 166 cm³/mol. The molecule has 224 valence electrons. The summed E-state index contributed by atoms with van der Waals surface area (Å²) in [5.41, 5.74) is 5.98. The van der Waals surface area contributed by atoms with Crippen molar-refractivity contribution in [3.63, 3.8) is 0 Å². The zero-order valence-electron chi connectivity index (χ0n) is 23.4. The number of nitrogens with one attached hydrogen (secondary N) is 1. The summed E-state index contributed by atoms with van der Waals surface area (Å²) in [5.74, 6) is -1.38. The van der Waals surface area contributed by atoms with Crippen molar-refractivity contribution in [2.24, 2.45) is 0 Å². The standard InChI is InChI=1S/C34H28F3N3O3S/c35-34(36,37)20-23-8-16-29(17-9-23)40(21-24-6-10-28(11-7-24)32(43)38-19-18-31(41)42)33-39-30(22-44-33)27-14-12-26(13-15-27)25-4-2-1-3-5-25/h1-17,22H,18-21H2,(H,38,43)(H,41,42). The highest BCUT2D eigenvalue weighted by Crippen LogP contribution is 2.35. The van der Waals surface area contributed by atoms with E-state index in [9.17, 15) is 22.8 Å². The van der Waals surface area contributed by atoms with Crippen LogP contribution >= 0.6 is 11.3 Å². The van der Waals surface area contributed by atoms with Gasteiger partial charge in [-0.15, -0.1) is 11.3 Å². The lowest BCUT2D eigenvalue weighted by Gasteiger charge is -2.23. The molecule has 0 spiro atoms. The van der Waals surface area contributed by atoms with E-state index in [2.05, 4.69) is 5.32 Å². The van der Waals surface area contributed by atoms with Gasteiger partial charge in [0.15, 0.2) is 5.13 Å². The molecule has 1 aromatic heterocycles. The molecule has 0 radical (unpaired) electrons. The SMILES string of the molecule is O=C(O)CCNC(=O)c1ccc(CN(c2ccc(CC(F)(F)F)cc2)c2nc(-c3ccc(-c4ccccc4)cc3)cs2)cc1. The highest BCUT2D eigenvalue weighted by Gasteiger charge is 2.27. The lowest BCUT2D eigenvalue weighted by atomic mass is 10.0. The van der Waals surface area contributed by atoms with Gasteiger partial charge in [-0.25, -0.2) is 4.98 Å². The number of rotatable bonds is 11. The largest absolute Gasteiger partial charge is 0.481 e. The minimum atomic E-state index is -4.30. The van der Waals surface area contributed by atoms with Crippen LogP contribution in [0.4, 0.5) is 24.0 Å². The molecule has 0 saturated heterocycles. The summed E-state index contributed by atoms with van der Waals surface area (Å²) in [4.78, 5) is 29.9. The van der Waals surface area contributed by atoms with E-state index in [1.54, 1.807) is 36.4 Å². The van der Waals surface area contributed by atoms with Crippen molar-refractivity contribution in [3.8, 4) is 22.4 Å². The van der Waals surface area contributed by atoms with Crippen LogP contribution < -0.4 is 10.2 Å². The number of halogens is 3. The molecule has 0 aliphatic heterocycles. The maximum atomic E-state index is 13.0. The van der Waals surface area contributed by atoms with E-state index in [1.807, 2.05) is 64.9 Å². The number of nitrogens with zero attached hydrogens (tertiary/aromatic N) is 2. The van der Waals surface area contributed by atoms with Crippen molar-refractivity contribution >= 4 is 34.0 Å². The highest BCUT2D eigenvalue weighted by atomic mass is 32.1. The molecule has 0 saturated carbocycles. The van der Waals surface area contributed by atoms with Crippen molar-refractivity contribution in [2.45, 2.75) is 25.6 Å². The van der Waals surface area contributed by atoms with Gasteiger partial charge in [-0.1, -0.05) is 78.9 Å². The van der Waals surface area contributed by atoms with E-state index in [4.69, 9.17) is 10.1 Å². The molecule has 0 atom stereocenters. The van der Waals surface area contributed by atoms with E-state index >= 15 is 0 Å². The fourth-order valence-corrected chi connectivity index (χ4v) is 5.46. The lowest BCUT2D eigenvalue weighted by molar-refractivity contribution is -0.136. The molecule has 4 aromatic carbocycles. The number of carboxylic acid groups (broad SMARTS) is 1. The van der Waals surface area contributed by atoms with Crippen LogP contribution in [0.5, 0.6) is 0 Å². The average molecular weight is 616 g/mol. The Kier molecular flexibility index (Phi) is 9.40. The quantitative estimate of drug-likeness (QED) is 0.157. The lowest BCUT2D eigenvalue weighted by Crippen LogP contribution is -2.26. The first kappa shape index (κ1) is 30.5. The van der Waals surface area contributed by atoms with Crippen molar-refractivity contribution in [1.29, 1.82) is 0 Å². The second-order valence-corrected chi connectivity index (χ2v) is 10.9. The molecule has 0 fully saturated rings. The molecule has 0 aliphatic carbocycles. The van der Waals surface area contributed by atoms with Gasteiger partial charge in [-0.05, 0) is 46.5 Å². The van der Waals surface area contributed by atoms with Crippen molar-refractivity contribution in [2.75, 3.05) is 11.4 Å². The third-order valence-electron chi connectivity index (χ3n) is 6.84. The van der Waals surface area contributed by atoms with Gasteiger partial charge in [0, 0.05) is 28.7 Å². The number of benzene rings is 4. The summed E-state index contributed by atoms with van der Waals surface area (Å²) in [7, 11) is 0. The number of anilines is 2. The van der Waals surface area contributed by atoms with Crippen LogP contribution in [0.1, 0.15) is 27.9 Å². The van der Waals surface area contributed by atoms with E-state index in [0.29, 0.717) is 22.9 Å². The summed E-state index contributed by atoms with van der Waals surface area (Å²) >= 11 is 1.42. The Morgan fingerprint density at radius 3 is 2.05 bits per heavy atom. The molecule has 0 aliphatic rings. The van der Waals surface area contributed by atoms with Crippen LogP contribution in [0, 0.1) is 0 Å². The minimum Gasteiger partial charge on any atom is -0.481 e. The Labute approximate surface area is 256 Å². The van der Waals surface area contributed by atoms with Crippen LogP contribution in [-0.4, -0.2) is 34.7 Å². The van der Waals surface area contributed by atoms with Crippen LogP contribution in [0.15, 0.2) is 109 Å². The number of amides is 1. The van der Waals surface area contributed by atoms with E-state index in [1.165, 1.54) is 23.5 Å². The second-order valence-electron chi connectivity index (χ2n) is 10.1. The Hall–Kier alpha value is -4.96. The fourth-order valence-electron chi connectivity index (χ4n) is 4.61. The summed E-state index contributed by atoms with van der Waals surface area (Å²) in [6, 6.07) is 31.3. The Bertz CT molecular complexity index is 1700. The highest BCUT2D eigenvalue weighted by molar-refractivity contribution is 7.14. The Morgan fingerprint density at radius 2 is 1.41 bits per heavy atom. The van der Waals surface area contributed by atoms with Crippen LogP contribution in [0.3, 0.4) is 0 Å². The number of hydrogen-bond acceptors (Lipinski definition) is 5. The topological polar surface area (TPSA) is 82.5 Å². The van der Waals surface area contributed by atoms with Crippen molar-refractivity contribution < 1.29 is 27.9 Å². The third kappa shape index (κ3) is 8.11. The number of alkyl halides is 3. The van der Waals surface area contributed by atoms with Gasteiger partial charge >= 0.3 is 12.1 Å². The first-order chi connectivity index (χ1) is 21.1. The van der Waals surface area contributed by atoms with Gasteiger partial charge < -0.3 is 15.3 Å². The molecule has 1 amide bonds. The van der Waals surface area contributed by atoms with Gasteiger partial charge in [0.1, 0.15) is 0 Å². The monoisotopic (exact) mass is 615 g/mol. The summed E-state index contributed by atoms with van der Waals surface area (Å²) in [6.45, 7) is 0.370. The average Bonchev–Trinajstić information content (AvgIpc) is 3.50. The first-order valence-corrected chi connectivity index (χ1v) is 14.7. The second kappa shape index (κ2) is 13.6. The molecule has 1 heterocycles. The first-order valence-electron chi connectivity index (χ1n) is 13.8. The molecule has 44 heavy (non-hydrogen) atoms. The normalized spacial score (nSPS) is 11.2. The van der Waals surface area contributed by atoms with E-state index in [-0.39, 0.29) is 24.4 Å². The number of thiazole rings is 1. The summed E-state index contributed by atoms with van der Waals surface area (Å²) < 4.78 is 38.9. The molecule has 0 bridgehead atoms. The number of aromatic nitrogens is 1. The molecule has 10 heteroatoms. The van der Waals surface area contributed by atoms with Gasteiger partial charge in [0.05, 0.1) is 25.1 Å². The number of aliphatic carboxylic acids is 1. The van der Waals surface area contributed by atoms with Crippen LogP contribution in [-0.2, 0) is 17.8 Å². The van der Waals surface area contributed by atoms with Gasteiger partial charge in [-0.2, -0.15) is 13.2 Å². The van der Waals surface area contributed by atoms with Crippen LogP contribution in [0.2, 0.25) is 0 Å². The smallest absolute Gasteiger partial charge is 0.393 e. The maximum absolute atomic E-state index is 13.0. The summed E-state index contributed by atoms with van der Waals surface area (Å²) in [6.07, 6.45) is -5.49. The van der Waals surface area contributed by atoms with E-state index < -0.39 is 18.6 Å². The Balaban J connectivity index is 1.38. The van der Waals surface area contributed by atoms with Gasteiger partial charge in [-0.3, -0.25) is 9.59 Å². The number of carbonyl (C=O) groups excluding carboxylic acids is 1. The minimum absolute atomic E-state index is 0.0232. The molecule has 6 nitrogen and oxygen atoms in total. The molecule has 0 unspecified atom stereocenters.